The molecule has 72 valence electrons. The summed E-state index contributed by atoms with van der Waals surface area (Å²) in [6, 6.07) is 1.99. The monoisotopic (exact) mass is 179 g/mol. The molecule has 0 bridgehead atoms. The van der Waals surface area contributed by atoms with Crippen molar-refractivity contribution >= 4 is 0 Å². The third-order valence-electron chi connectivity index (χ3n) is 1.96. The molecule has 1 heterocycles. The highest BCUT2D eigenvalue weighted by Gasteiger charge is 2.06. The fourth-order valence-electron chi connectivity index (χ4n) is 1.23. The Morgan fingerprint density at radius 3 is 2.38 bits per heavy atom. The van der Waals surface area contributed by atoms with Crippen LogP contribution in [0.4, 0.5) is 0 Å². The van der Waals surface area contributed by atoms with E-state index in [4.69, 9.17) is 4.74 Å². The molecule has 1 aromatic rings. The van der Waals surface area contributed by atoms with E-state index in [1.165, 1.54) is 0 Å². The van der Waals surface area contributed by atoms with Crippen LogP contribution in [-0.4, -0.2) is 11.1 Å². The molecule has 13 heavy (non-hydrogen) atoms. The number of aromatic nitrogens is 1. The maximum atomic E-state index is 5.67. The van der Waals surface area contributed by atoms with E-state index in [0.717, 1.165) is 22.7 Å². The number of ether oxygens (including phenoxy) is 1. The van der Waals surface area contributed by atoms with E-state index in [1.807, 2.05) is 40.7 Å². The molecule has 0 amide bonds. The molecule has 0 aliphatic rings. The molecule has 0 radical (unpaired) electrons. The average Bonchev–Trinajstić information content (AvgIpc) is 1.98. The Kier molecular flexibility index (Phi) is 2.91. The number of rotatable bonds is 2. The molecule has 0 saturated carbocycles. The van der Waals surface area contributed by atoms with Crippen LogP contribution in [0.1, 0.15) is 30.8 Å². The van der Waals surface area contributed by atoms with Crippen molar-refractivity contribution in [3.8, 4) is 5.75 Å². The van der Waals surface area contributed by atoms with Crippen LogP contribution < -0.4 is 4.74 Å². The Balaban J connectivity index is 3.05. The minimum Gasteiger partial charge on any atom is -0.491 e. The molecular weight excluding hydrogens is 162 g/mol. The molecule has 0 atom stereocenters. The van der Waals surface area contributed by atoms with Crippen molar-refractivity contribution in [3.63, 3.8) is 0 Å². The van der Waals surface area contributed by atoms with Gasteiger partial charge in [-0.3, -0.25) is 4.98 Å². The Hall–Kier alpha value is -1.05. The van der Waals surface area contributed by atoms with E-state index in [1.54, 1.807) is 0 Å². The third-order valence-corrected chi connectivity index (χ3v) is 1.96. The Labute approximate surface area is 80.0 Å². The summed E-state index contributed by atoms with van der Waals surface area (Å²) >= 11 is 0. The molecule has 2 nitrogen and oxygen atoms in total. The first-order valence-electron chi connectivity index (χ1n) is 4.62. The number of aryl methyl sites for hydroxylation is 2. The summed E-state index contributed by atoms with van der Waals surface area (Å²) in [5.41, 5.74) is 3.20. The van der Waals surface area contributed by atoms with Gasteiger partial charge in [-0.25, -0.2) is 0 Å². The van der Waals surface area contributed by atoms with Gasteiger partial charge in [-0.15, -0.1) is 0 Å². The molecule has 0 aliphatic heterocycles. The molecule has 0 aromatic carbocycles. The number of hydrogen-bond acceptors (Lipinski definition) is 2. The fourth-order valence-corrected chi connectivity index (χ4v) is 1.23. The normalized spacial score (nSPS) is 10.6. The predicted molar refractivity (Wildman–Crippen MR) is 54.2 cm³/mol. The number of nitrogens with zero attached hydrogens (tertiary/aromatic N) is 1. The molecular formula is C11H17NO. The van der Waals surface area contributed by atoms with Gasteiger partial charge in [0.05, 0.1) is 6.10 Å². The van der Waals surface area contributed by atoms with Gasteiger partial charge in [-0.05, 0) is 34.6 Å². The van der Waals surface area contributed by atoms with Crippen LogP contribution >= 0.6 is 0 Å². The lowest BCUT2D eigenvalue weighted by atomic mass is 10.2. The van der Waals surface area contributed by atoms with Gasteiger partial charge < -0.3 is 4.74 Å². The van der Waals surface area contributed by atoms with E-state index in [9.17, 15) is 0 Å². The minimum atomic E-state index is 0.222. The highest BCUT2D eigenvalue weighted by molar-refractivity contribution is 5.36. The first-order chi connectivity index (χ1) is 6.00. The van der Waals surface area contributed by atoms with E-state index in [2.05, 4.69) is 4.98 Å². The SMILES string of the molecule is Cc1cc(OC(C)C)c(C)c(C)n1. The van der Waals surface area contributed by atoms with Crippen LogP contribution in [0.5, 0.6) is 5.75 Å². The van der Waals surface area contributed by atoms with Gasteiger partial charge in [0.2, 0.25) is 0 Å². The van der Waals surface area contributed by atoms with Crippen LogP contribution in [-0.2, 0) is 0 Å². The molecule has 0 fully saturated rings. The van der Waals surface area contributed by atoms with E-state index in [0.29, 0.717) is 0 Å². The lowest BCUT2D eigenvalue weighted by Gasteiger charge is -2.14. The van der Waals surface area contributed by atoms with E-state index < -0.39 is 0 Å². The minimum absolute atomic E-state index is 0.222. The zero-order valence-corrected chi connectivity index (χ0v) is 9.01. The molecule has 0 spiro atoms. The van der Waals surface area contributed by atoms with Gasteiger partial charge >= 0.3 is 0 Å². The fraction of sp³-hybridized carbons (Fsp3) is 0.545. The van der Waals surface area contributed by atoms with Crippen molar-refractivity contribution in [1.82, 2.24) is 4.98 Å². The summed E-state index contributed by atoms with van der Waals surface area (Å²) in [7, 11) is 0. The Morgan fingerprint density at radius 2 is 1.85 bits per heavy atom. The molecule has 2 heteroatoms. The second-order valence-corrected chi connectivity index (χ2v) is 3.64. The number of pyridine rings is 1. The maximum Gasteiger partial charge on any atom is 0.126 e. The quantitative estimate of drug-likeness (QED) is 0.696. The van der Waals surface area contributed by atoms with Crippen molar-refractivity contribution in [1.29, 1.82) is 0 Å². The topological polar surface area (TPSA) is 22.1 Å². The summed E-state index contributed by atoms with van der Waals surface area (Å²) in [6.45, 7) is 10.1. The van der Waals surface area contributed by atoms with Crippen LogP contribution in [0.15, 0.2) is 6.07 Å². The second kappa shape index (κ2) is 3.77. The zero-order valence-electron chi connectivity index (χ0n) is 9.01. The first-order valence-corrected chi connectivity index (χ1v) is 4.62. The van der Waals surface area contributed by atoms with Crippen LogP contribution in [0.3, 0.4) is 0 Å². The largest absolute Gasteiger partial charge is 0.491 e. The van der Waals surface area contributed by atoms with Gasteiger partial charge in [0.1, 0.15) is 5.75 Å². The maximum absolute atomic E-state index is 5.67. The van der Waals surface area contributed by atoms with E-state index in [-0.39, 0.29) is 6.10 Å². The summed E-state index contributed by atoms with van der Waals surface area (Å²) in [5.74, 6) is 0.958. The molecule has 0 unspecified atom stereocenters. The average molecular weight is 179 g/mol. The van der Waals surface area contributed by atoms with Crippen molar-refractivity contribution in [2.45, 2.75) is 40.7 Å². The van der Waals surface area contributed by atoms with Gasteiger partial charge in [-0.1, -0.05) is 0 Å². The lowest BCUT2D eigenvalue weighted by molar-refractivity contribution is 0.240. The van der Waals surface area contributed by atoms with E-state index >= 15 is 0 Å². The number of hydrogen-bond donors (Lipinski definition) is 0. The predicted octanol–water partition coefficient (Wildman–Crippen LogP) is 2.79. The molecule has 1 rings (SSSR count). The summed E-state index contributed by atoms with van der Waals surface area (Å²) in [6.07, 6.45) is 0.222. The highest BCUT2D eigenvalue weighted by atomic mass is 16.5. The zero-order chi connectivity index (χ0) is 10.0. The smallest absolute Gasteiger partial charge is 0.126 e. The lowest BCUT2D eigenvalue weighted by Crippen LogP contribution is -2.08. The Morgan fingerprint density at radius 1 is 1.23 bits per heavy atom. The summed E-state index contributed by atoms with van der Waals surface area (Å²) in [4.78, 5) is 4.36. The molecule has 0 saturated heterocycles. The van der Waals surface area contributed by atoms with Crippen LogP contribution in [0.25, 0.3) is 0 Å². The summed E-state index contributed by atoms with van der Waals surface area (Å²) < 4.78 is 5.67. The molecule has 1 aromatic heterocycles. The van der Waals surface area contributed by atoms with Crippen molar-refractivity contribution < 1.29 is 4.74 Å². The van der Waals surface area contributed by atoms with Crippen molar-refractivity contribution in [2.75, 3.05) is 0 Å². The van der Waals surface area contributed by atoms with Gasteiger partial charge in [0, 0.05) is 23.0 Å². The van der Waals surface area contributed by atoms with Gasteiger partial charge in [0.25, 0.3) is 0 Å². The van der Waals surface area contributed by atoms with Crippen molar-refractivity contribution in [3.05, 3.63) is 23.0 Å². The second-order valence-electron chi connectivity index (χ2n) is 3.64. The summed E-state index contributed by atoms with van der Waals surface area (Å²) in [5, 5.41) is 0. The Bertz CT molecular complexity index is 305. The van der Waals surface area contributed by atoms with Gasteiger partial charge in [0.15, 0.2) is 0 Å². The first kappa shape index (κ1) is 10.0. The van der Waals surface area contributed by atoms with Gasteiger partial charge in [-0.2, -0.15) is 0 Å². The highest BCUT2D eigenvalue weighted by Crippen LogP contribution is 2.21. The molecule has 0 aliphatic carbocycles. The van der Waals surface area contributed by atoms with Crippen molar-refractivity contribution in [2.24, 2.45) is 0 Å². The molecule has 0 N–H and O–H groups in total. The van der Waals surface area contributed by atoms with Crippen LogP contribution in [0.2, 0.25) is 0 Å². The third kappa shape index (κ3) is 2.44. The standard InChI is InChI=1S/C11H17NO/c1-7(2)13-11-6-8(3)12-10(5)9(11)4/h6-7H,1-5H3. The van der Waals surface area contributed by atoms with Crippen LogP contribution in [0, 0.1) is 20.8 Å².